The van der Waals surface area contributed by atoms with Crippen LogP contribution in [0.1, 0.15) is 28.4 Å². The number of aromatic nitrogens is 1. The molecule has 0 saturated carbocycles. The van der Waals surface area contributed by atoms with Crippen LogP contribution in [0.2, 0.25) is 0 Å². The number of hydrogen-bond donors (Lipinski definition) is 0. The van der Waals surface area contributed by atoms with Gasteiger partial charge in [-0.15, -0.1) is 0 Å². The molecule has 2 heteroatoms. The van der Waals surface area contributed by atoms with Gasteiger partial charge < -0.3 is 4.90 Å². The number of hydrogen-bond acceptors (Lipinski definition) is 2. The van der Waals surface area contributed by atoms with Gasteiger partial charge in [-0.1, -0.05) is 66.2 Å². The topological polar surface area (TPSA) is 16.1 Å². The largest absolute Gasteiger partial charge is 0.364 e. The van der Waals surface area contributed by atoms with Gasteiger partial charge in [0, 0.05) is 29.7 Å². The molecule has 1 aliphatic rings. The maximum absolute atomic E-state index is 4.96. The molecular weight excluding hydrogens is 340 g/mol. The molecule has 0 aliphatic carbocycles. The van der Waals surface area contributed by atoms with Gasteiger partial charge in [0.2, 0.25) is 0 Å². The van der Waals surface area contributed by atoms with Crippen molar-refractivity contribution < 1.29 is 0 Å². The monoisotopic (exact) mass is 364 g/mol. The lowest BCUT2D eigenvalue weighted by Crippen LogP contribution is -2.36. The normalized spacial score (nSPS) is 16.2. The molecule has 0 bridgehead atoms. The van der Waals surface area contributed by atoms with Gasteiger partial charge in [-0.2, -0.15) is 0 Å². The Morgan fingerprint density at radius 2 is 1.64 bits per heavy atom. The number of benzene rings is 3. The zero-order valence-corrected chi connectivity index (χ0v) is 16.2. The molecule has 1 aromatic heterocycles. The molecule has 1 unspecified atom stereocenters. The van der Waals surface area contributed by atoms with Crippen LogP contribution < -0.4 is 4.90 Å². The number of aryl methyl sites for hydroxylation is 1. The van der Waals surface area contributed by atoms with E-state index >= 15 is 0 Å². The first-order valence-corrected chi connectivity index (χ1v) is 10.0. The lowest BCUT2D eigenvalue weighted by atomic mass is 9.89. The highest BCUT2D eigenvalue weighted by atomic mass is 15.2. The number of anilines is 1. The third-order valence-electron chi connectivity index (χ3n) is 5.84. The third kappa shape index (κ3) is 3.16. The predicted octanol–water partition coefficient (Wildman–Crippen LogP) is 5.89. The van der Waals surface area contributed by atoms with Gasteiger partial charge in [-0.3, -0.25) is 4.98 Å². The summed E-state index contributed by atoms with van der Waals surface area (Å²) in [7, 11) is 0. The minimum atomic E-state index is 0.307. The summed E-state index contributed by atoms with van der Waals surface area (Å²) in [6.07, 6.45) is 2.00. The molecule has 2 heterocycles. The van der Waals surface area contributed by atoms with Crippen molar-refractivity contribution in [2.75, 3.05) is 11.4 Å². The average Bonchev–Trinajstić information content (AvgIpc) is 2.75. The Morgan fingerprint density at radius 1 is 0.857 bits per heavy atom. The van der Waals surface area contributed by atoms with E-state index in [2.05, 4.69) is 96.8 Å². The van der Waals surface area contributed by atoms with E-state index in [0.717, 1.165) is 30.6 Å². The van der Waals surface area contributed by atoms with Crippen LogP contribution in [0.3, 0.4) is 0 Å². The second kappa shape index (κ2) is 7.12. The minimum absolute atomic E-state index is 0.307. The predicted molar refractivity (Wildman–Crippen MR) is 117 cm³/mol. The number of nitrogens with zero attached hydrogens (tertiary/aromatic N) is 2. The lowest BCUT2D eigenvalue weighted by molar-refractivity contribution is 0.574. The van der Waals surface area contributed by atoms with Crippen LogP contribution in [0.25, 0.3) is 10.9 Å². The highest BCUT2D eigenvalue weighted by Gasteiger charge is 2.28. The van der Waals surface area contributed by atoms with Crippen LogP contribution in [0.5, 0.6) is 0 Å². The van der Waals surface area contributed by atoms with Gasteiger partial charge >= 0.3 is 0 Å². The molecule has 0 fully saturated rings. The van der Waals surface area contributed by atoms with E-state index in [1.54, 1.807) is 0 Å². The van der Waals surface area contributed by atoms with Crippen LogP contribution in [0, 0.1) is 6.92 Å². The highest BCUT2D eigenvalue weighted by Crippen LogP contribution is 2.36. The molecule has 0 spiro atoms. The average molecular weight is 364 g/mol. The Labute approximate surface area is 166 Å². The SMILES string of the molecule is Cc1ccc(N2CCc3ccccc3C2Cc2ccc3ccccc3n2)cc1. The van der Waals surface area contributed by atoms with Crippen molar-refractivity contribution >= 4 is 16.6 Å². The molecular formula is C26H24N2. The molecule has 5 rings (SSSR count). The number of fused-ring (bicyclic) bond motifs is 2. The van der Waals surface area contributed by atoms with Crippen LogP contribution in [-0.2, 0) is 12.8 Å². The third-order valence-corrected chi connectivity index (χ3v) is 5.84. The summed E-state index contributed by atoms with van der Waals surface area (Å²) >= 11 is 0. The summed E-state index contributed by atoms with van der Waals surface area (Å²) in [5, 5.41) is 1.20. The van der Waals surface area contributed by atoms with E-state index in [-0.39, 0.29) is 0 Å². The fraction of sp³-hybridized carbons (Fsp3) is 0.192. The fourth-order valence-corrected chi connectivity index (χ4v) is 4.34. The first-order valence-electron chi connectivity index (χ1n) is 10.0. The fourth-order valence-electron chi connectivity index (χ4n) is 4.34. The Kier molecular flexibility index (Phi) is 4.32. The molecule has 138 valence electrons. The first-order chi connectivity index (χ1) is 13.8. The van der Waals surface area contributed by atoms with Gasteiger partial charge in [0.1, 0.15) is 0 Å². The Balaban J connectivity index is 1.55. The van der Waals surface area contributed by atoms with Crippen molar-refractivity contribution in [1.29, 1.82) is 0 Å². The molecule has 2 nitrogen and oxygen atoms in total. The van der Waals surface area contributed by atoms with Gasteiger partial charge in [0.15, 0.2) is 0 Å². The standard InChI is InChI=1S/C26H24N2/c1-19-10-14-23(15-11-19)28-17-16-20-6-2-4-8-24(20)26(28)18-22-13-12-21-7-3-5-9-25(21)27-22/h2-15,26H,16-18H2,1H3. The zero-order valence-electron chi connectivity index (χ0n) is 16.2. The Hall–Kier alpha value is -3.13. The smallest absolute Gasteiger partial charge is 0.0705 e. The van der Waals surface area contributed by atoms with Crippen molar-refractivity contribution in [2.45, 2.75) is 25.8 Å². The van der Waals surface area contributed by atoms with E-state index in [0.29, 0.717) is 6.04 Å². The second-order valence-corrected chi connectivity index (χ2v) is 7.69. The molecule has 0 radical (unpaired) electrons. The zero-order chi connectivity index (χ0) is 18.9. The molecule has 1 atom stereocenters. The molecule has 0 amide bonds. The molecule has 0 N–H and O–H groups in total. The summed E-state index contributed by atoms with van der Waals surface area (Å²) in [6, 6.07) is 30.9. The van der Waals surface area contributed by atoms with Gasteiger partial charge in [-0.05, 0) is 48.7 Å². The van der Waals surface area contributed by atoms with Crippen LogP contribution in [0.15, 0.2) is 84.9 Å². The van der Waals surface area contributed by atoms with Crippen LogP contribution >= 0.6 is 0 Å². The maximum atomic E-state index is 4.96. The summed E-state index contributed by atoms with van der Waals surface area (Å²) in [5.74, 6) is 0. The molecule has 28 heavy (non-hydrogen) atoms. The van der Waals surface area contributed by atoms with E-state index in [4.69, 9.17) is 4.98 Å². The number of para-hydroxylation sites is 1. The highest BCUT2D eigenvalue weighted by molar-refractivity contribution is 5.78. The molecule has 3 aromatic carbocycles. The number of rotatable bonds is 3. The summed E-state index contributed by atoms with van der Waals surface area (Å²) < 4.78 is 0. The van der Waals surface area contributed by atoms with Crippen molar-refractivity contribution in [2.24, 2.45) is 0 Å². The van der Waals surface area contributed by atoms with Crippen molar-refractivity contribution in [3.63, 3.8) is 0 Å². The maximum Gasteiger partial charge on any atom is 0.0705 e. The van der Waals surface area contributed by atoms with E-state index in [1.807, 2.05) is 0 Å². The number of pyridine rings is 1. The van der Waals surface area contributed by atoms with E-state index < -0.39 is 0 Å². The lowest BCUT2D eigenvalue weighted by Gasteiger charge is -2.39. The first kappa shape index (κ1) is 17.0. The Morgan fingerprint density at radius 3 is 2.54 bits per heavy atom. The van der Waals surface area contributed by atoms with Crippen LogP contribution in [-0.4, -0.2) is 11.5 Å². The quantitative estimate of drug-likeness (QED) is 0.450. The van der Waals surface area contributed by atoms with Gasteiger partial charge in [0.25, 0.3) is 0 Å². The van der Waals surface area contributed by atoms with Crippen molar-refractivity contribution in [3.05, 3.63) is 107 Å². The van der Waals surface area contributed by atoms with Gasteiger partial charge in [0.05, 0.1) is 11.6 Å². The molecule has 0 saturated heterocycles. The summed E-state index contributed by atoms with van der Waals surface area (Å²) in [6.45, 7) is 3.18. The summed E-state index contributed by atoms with van der Waals surface area (Å²) in [4.78, 5) is 7.51. The van der Waals surface area contributed by atoms with Crippen molar-refractivity contribution in [3.8, 4) is 0 Å². The van der Waals surface area contributed by atoms with E-state index in [9.17, 15) is 0 Å². The molecule has 1 aliphatic heterocycles. The van der Waals surface area contributed by atoms with Crippen molar-refractivity contribution in [1.82, 2.24) is 4.98 Å². The van der Waals surface area contributed by atoms with Crippen LogP contribution in [0.4, 0.5) is 5.69 Å². The van der Waals surface area contributed by atoms with E-state index in [1.165, 1.54) is 27.8 Å². The second-order valence-electron chi connectivity index (χ2n) is 7.69. The Bertz CT molecular complexity index is 1110. The molecule has 4 aromatic rings. The minimum Gasteiger partial charge on any atom is -0.364 e. The van der Waals surface area contributed by atoms with Gasteiger partial charge in [-0.25, -0.2) is 0 Å². The summed E-state index contributed by atoms with van der Waals surface area (Å²) in [5.41, 5.74) is 7.73.